The molecule has 7 heteroatoms. The number of hydrogen-bond donors (Lipinski definition) is 1. The van der Waals surface area contributed by atoms with E-state index < -0.39 is 15.7 Å². The second kappa shape index (κ2) is 2.93. The Morgan fingerprint density at radius 3 is 2.73 bits per heavy atom. The van der Waals surface area contributed by atoms with Crippen molar-refractivity contribution >= 4 is 21.3 Å². The highest BCUT2D eigenvalue weighted by Crippen LogP contribution is 2.20. The topological polar surface area (TPSA) is 77.5 Å². The van der Waals surface area contributed by atoms with Crippen molar-refractivity contribution in [3.63, 3.8) is 0 Å². The number of imidazole rings is 1. The number of sulfone groups is 1. The summed E-state index contributed by atoms with van der Waals surface area (Å²) in [5, 5.41) is -0.183. The molecule has 0 saturated carbocycles. The SMILES string of the molecule is CS(=O)(=O)c1c(N)nc2ccc(F)cn12. The van der Waals surface area contributed by atoms with Gasteiger partial charge in [0.2, 0.25) is 0 Å². The molecule has 0 unspecified atom stereocenters. The van der Waals surface area contributed by atoms with Gasteiger partial charge in [-0.15, -0.1) is 0 Å². The van der Waals surface area contributed by atoms with Crippen molar-refractivity contribution in [3.8, 4) is 0 Å². The van der Waals surface area contributed by atoms with Gasteiger partial charge in [-0.1, -0.05) is 0 Å². The van der Waals surface area contributed by atoms with Crippen LogP contribution in [0.1, 0.15) is 0 Å². The average Bonchev–Trinajstić information content (AvgIpc) is 2.38. The minimum Gasteiger partial charge on any atom is -0.381 e. The Balaban J connectivity index is 2.95. The fraction of sp³-hybridized carbons (Fsp3) is 0.125. The molecule has 2 heterocycles. The number of anilines is 1. The van der Waals surface area contributed by atoms with Gasteiger partial charge in [0.25, 0.3) is 0 Å². The van der Waals surface area contributed by atoms with E-state index in [4.69, 9.17) is 5.73 Å². The van der Waals surface area contributed by atoms with Gasteiger partial charge in [-0.2, -0.15) is 0 Å². The standard InChI is InChI=1S/C8H8FN3O2S/c1-15(13,14)8-7(10)11-6-3-2-5(9)4-12(6)8/h2-4H,10H2,1H3. The van der Waals surface area contributed by atoms with Crippen LogP contribution in [0.3, 0.4) is 0 Å². The monoisotopic (exact) mass is 229 g/mol. The second-order valence-electron chi connectivity index (χ2n) is 3.15. The number of pyridine rings is 1. The van der Waals surface area contributed by atoms with Crippen molar-refractivity contribution in [1.29, 1.82) is 0 Å². The molecule has 0 aliphatic rings. The van der Waals surface area contributed by atoms with Gasteiger partial charge < -0.3 is 5.73 Å². The third-order valence-electron chi connectivity index (χ3n) is 1.92. The van der Waals surface area contributed by atoms with Crippen molar-refractivity contribution in [1.82, 2.24) is 9.38 Å². The van der Waals surface area contributed by atoms with Crippen LogP contribution in [0.2, 0.25) is 0 Å². The van der Waals surface area contributed by atoms with Crippen LogP contribution in [-0.4, -0.2) is 24.1 Å². The summed E-state index contributed by atoms with van der Waals surface area (Å²) in [6.07, 6.45) is 2.03. The molecule has 0 aromatic carbocycles. The molecule has 0 spiro atoms. The summed E-state index contributed by atoms with van der Waals surface area (Å²) in [7, 11) is -3.52. The molecule has 15 heavy (non-hydrogen) atoms. The number of hydrogen-bond acceptors (Lipinski definition) is 4. The zero-order valence-corrected chi connectivity index (χ0v) is 8.62. The Hall–Kier alpha value is -1.63. The zero-order valence-electron chi connectivity index (χ0n) is 7.81. The highest BCUT2D eigenvalue weighted by Gasteiger charge is 2.19. The molecule has 0 aliphatic heterocycles. The van der Waals surface area contributed by atoms with Crippen molar-refractivity contribution in [2.75, 3.05) is 12.0 Å². The van der Waals surface area contributed by atoms with Crippen LogP contribution in [0.5, 0.6) is 0 Å². The lowest BCUT2D eigenvalue weighted by atomic mass is 10.5. The lowest BCUT2D eigenvalue weighted by Crippen LogP contribution is -2.05. The van der Waals surface area contributed by atoms with E-state index in [0.717, 1.165) is 16.9 Å². The molecule has 2 rings (SSSR count). The van der Waals surface area contributed by atoms with Crippen LogP contribution in [0.25, 0.3) is 5.65 Å². The zero-order chi connectivity index (χ0) is 11.2. The summed E-state index contributed by atoms with van der Waals surface area (Å²) in [4.78, 5) is 3.82. The molecular formula is C8H8FN3O2S. The van der Waals surface area contributed by atoms with Crippen molar-refractivity contribution in [2.45, 2.75) is 5.03 Å². The molecule has 0 fully saturated rings. The molecule has 2 aromatic heterocycles. The molecule has 0 atom stereocenters. The summed E-state index contributed by atoms with van der Waals surface area (Å²) >= 11 is 0. The third kappa shape index (κ3) is 1.54. The Kier molecular flexibility index (Phi) is 1.93. The summed E-state index contributed by atoms with van der Waals surface area (Å²) in [6.45, 7) is 0. The predicted octanol–water partition coefficient (Wildman–Crippen LogP) is 0.459. The average molecular weight is 229 g/mol. The number of halogens is 1. The fourth-order valence-corrected chi connectivity index (χ4v) is 2.31. The van der Waals surface area contributed by atoms with Gasteiger partial charge in [0.05, 0.1) is 0 Å². The van der Waals surface area contributed by atoms with Crippen LogP contribution in [-0.2, 0) is 9.84 Å². The van der Waals surface area contributed by atoms with E-state index in [2.05, 4.69) is 4.98 Å². The molecule has 0 bridgehead atoms. The molecule has 0 saturated heterocycles. The largest absolute Gasteiger partial charge is 0.381 e. The Labute approximate surface area is 85.3 Å². The number of fused-ring (bicyclic) bond motifs is 1. The lowest BCUT2D eigenvalue weighted by Gasteiger charge is -1.99. The first-order chi connectivity index (χ1) is 6.89. The highest BCUT2D eigenvalue weighted by molar-refractivity contribution is 7.90. The van der Waals surface area contributed by atoms with Crippen LogP contribution in [0.15, 0.2) is 23.4 Å². The molecule has 2 aromatic rings. The minimum atomic E-state index is -3.52. The van der Waals surface area contributed by atoms with Crippen LogP contribution in [0.4, 0.5) is 10.2 Å². The van der Waals surface area contributed by atoms with Crippen molar-refractivity contribution in [2.24, 2.45) is 0 Å². The number of nitrogens with two attached hydrogens (primary N) is 1. The quantitative estimate of drug-likeness (QED) is 0.770. The Morgan fingerprint density at radius 1 is 1.47 bits per heavy atom. The Bertz CT molecular complexity index is 633. The number of aromatic nitrogens is 2. The van der Waals surface area contributed by atoms with Crippen LogP contribution < -0.4 is 5.73 Å². The van der Waals surface area contributed by atoms with E-state index in [1.807, 2.05) is 0 Å². The number of rotatable bonds is 1. The van der Waals surface area contributed by atoms with E-state index in [9.17, 15) is 12.8 Å². The minimum absolute atomic E-state index is 0.122. The summed E-state index contributed by atoms with van der Waals surface area (Å²) in [5.41, 5.74) is 5.76. The molecule has 80 valence electrons. The first-order valence-electron chi connectivity index (χ1n) is 4.03. The van der Waals surface area contributed by atoms with E-state index in [1.165, 1.54) is 12.1 Å². The normalized spacial score (nSPS) is 12.1. The predicted molar refractivity (Wildman–Crippen MR) is 52.7 cm³/mol. The molecule has 0 aliphatic carbocycles. The molecule has 0 amide bonds. The fourth-order valence-electron chi connectivity index (χ4n) is 1.38. The smallest absolute Gasteiger partial charge is 0.195 e. The molecule has 5 nitrogen and oxygen atoms in total. The van der Waals surface area contributed by atoms with Gasteiger partial charge in [0.1, 0.15) is 11.5 Å². The van der Waals surface area contributed by atoms with Gasteiger partial charge in [-0.3, -0.25) is 4.40 Å². The van der Waals surface area contributed by atoms with Gasteiger partial charge in [-0.25, -0.2) is 17.8 Å². The van der Waals surface area contributed by atoms with E-state index >= 15 is 0 Å². The van der Waals surface area contributed by atoms with Gasteiger partial charge >= 0.3 is 0 Å². The summed E-state index contributed by atoms with van der Waals surface area (Å²) in [6, 6.07) is 2.55. The maximum Gasteiger partial charge on any atom is 0.195 e. The van der Waals surface area contributed by atoms with E-state index in [-0.39, 0.29) is 10.8 Å². The first kappa shape index (κ1) is 9.91. The van der Waals surface area contributed by atoms with Crippen molar-refractivity contribution in [3.05, 3.63) is 24.1 Å². The van der Waals surface area contributed by atoms with E-state index in [1.54, 1.807) is 0 Å². The van der Waals surface area contributed by atoms with E-state index in [0.29, 0.717) is 5.65 Å². The molecule has 0 radical (unpaired) electrons. The van der Waals surface area contributed by atoms with Gasteiger partial charge in [0.15, 0.2) is 20.7 Å². The highest BCUT2D eigenvalue weighted by atomic mass is 32.2. The number of nitrogens with zero attached hydrogens (tertiary/aromatic N) is 2. The molecule has 2 N–H and O–H groups in total. The van der Waals surface area contributed by atoms with Crippen LogP contribution >= 0.6 is 0 Å². The van der Waals surface area contributed by atoms with Crippen LogP contribution in [0, 0.1) is 5.82 Å². The summed E-state index contributed by atoms with van der Waals surface area (Å²) in [5.74, 6) is -0.673. The second-order valence-corrected chi connectivity index (χ2v) is 5.08. The first-order valence-corrected chi connectivity index (χ1v) is 5.92. The maximum atomic E-state index is 12.9. The molecular weight excluding hydrogens is 221 g/mol. The Morgan fingerprint density at radius 2 is 2.13 bits per heavy atom. The number of nitrogen functional groups attached to an aromatic ring is 1. The van der Waals surface area contributed by atoms with Gasteiger partial charge in [-0.05, 0) is 12.1 Å². The summed E-state index contributed by atoms with van der Waals surface area (Å²) < 4.78 is 36.8. The maximum absolute atomic E-state index is 12.9. The van der Waals surface area contributed by atoms with Crippen molar-refractivity contribution < 1.29 is 12.8 Å². The van der Waals surface area contributed by atoms with Gasteiger partial charge in [0, 0.05) is 12.5 Å². The third-order valence-corrected chi connectivity index (χ3v) is 3.02. The lowest BCUT2D eigenvalue weighted by molar-refractivity contribution is 0.594.